The molecule has 0 heterocycles. The van der Waals surface area contributed by atoms with Crippen molar-refractivity contribution in [2.24, 2.45) is 0 Å². The SMILES string of the molecule is CC(O)(Cc1ccc(F)cc1)c1ccc(Br)c(Cl)c1F. The first kappa shape index (κ1) is 15.4. The molecule has 5 heteroatoms. The largest absolute Gasteiger partial charge is 0.385 e. The maximum atomic E-state index is 14.1. The van der Waals surface area contributed by atoms with Gasteiger partial charge in [-0.1, -0.05) is 29.8 Å². The molecule has 0 bridgehead atoms. The molecule has 2 rings (SSSR count). The van der Waals surface area contributed by atoms with Gasteiger partial charge in [-0.3, -0.25) is 0 Å². The van der Waals surface area contributed by atoms with Gasteiger partial charge < -0.3 is 5.11 Å². The van der Waals surface area contributed by atoms with Gasteiger partial charge in [0.1, 0.15) is 11.6 Å². The van der Waals surface area contributed by atoms with E-state index in [0.717, 1.165) is 0 Å². The van der Waals surface area contributed by atoms with Crippen molar-refractivity contribution in [3.8, 4) is 0 Å². The van der Waals surface area contributed by atoms with Crippen LogP contribution in [0.3, 0.4) is 0 Å². The maximum Gasteiger partial charge on any atom is 0.149 e. The lowest BCUT2D eigenvalue weighted by atomic mass is 9.88. The predicted octanol–water partition coefficient (Wildman–Crippen LogP) is 4.83. The summed E-state index contributed by atoms with van der Waals surface area (Å²) in [5, 5.41) is 10.4. The number of halogens is 4. The van der Waals surface area contributed by atoms with Gasteiger partial charge in [-0.2, -0.15) is 0 Å². The number of hydrogen-bond donors (Lipinski definition) is 1. The highest BCUT2D eigenvalue weighted by atomic mass is 79.9. The summed E-state index contributed by atoms with van der Waals surface area (Å²) in [7, 11) is 0. The molecular weight excluding hydrogens is 350 g/mol. The van der Waals surface area contributed by atoms with E-state index in [1.54, 1.807) is 18.2 Å². The Morgan fingerprint density at radius 3 is 2.35 bits per heavy atom. The van der Waals surface area contributed by atoms with Crippen molar-refractivity contribution in [3.05, 3.63) is 68.7 Å². The van der Waals surface area contributed by atoms with E-state index in [-0.39, 0.29) is 22.8 Å². The molecule has 0 saturated carbocycles. The number of aliphatic hydroxyl groups is 1. The molecule has 1 N–H and O–H groups in total. The first-order chi connectivity index (χ1) is 9.31. The zero-order valence-corrected chi connectivity index (χ0v) is 13.0. The van der Waals surface area contributed by atoms with E-state index in [2.05, 4.69) is 15.9 Å². The number of rotatable bonds is 3. The molecule has 0 aliphatic rings. The Morgan fingerprint density at radius 2 is 1.75 bits per heavy atom. The number of benzene rings is 2. The first-order valence-electron chi connectivity index (χ1n) is 5.92. The molecule has 1 unspecified atom stereocenters. The zero-order chi connectivity index (χ0) is 14.9. The van der Waals surface area contributed by atoms with Crippen LogP contribution < -0.4 is 0 Å². The Labute approximate surface area is 129 Å². The van der Waals surface area contributed by atoms with Crippen LogP contribution in [-0.4, -0.2) is 5.11 Å². The molecule has 2 aromatic carbocycles. The summed E-state index contributed by atoms with van der Waals surface area (Å²) < 4.78 is 27.4. The van der Waals surface area contributed by atoms with Crippen molar-refractivity contribution in [1.29, 1.82) is 0 Å². The fourth-order valence-electron chi connectivity index (χ4n) is 2.04. The monoisotopic (exact) mass is 360 g/mol. The predicted molar refractivity (Wildman–Crippen MR) is 78.8 cm³/mol. The van der Waals surface area contributed by atoms with E-state index < -0.39 is 11.4 Å². The molecule has 0 aromatic heterocycles. The van der Waals surface area contributed by atoms with Crippen molar-refractivity contribution in [2.45, 2.75) is 18.9 Å². The van der Waals surface area contributed by atoms with Crippen LogP contribution >= 0.6 is 27.5 Å². The Morgan fingerprint density at radius 1 is 1.15 bits per heavy atom. The smallest absolute Gasteiger partial charge is 0.149 e. The minimum Gasteiger partial charge on any atom is -0.385 e. The third-order valence-electron chi connectivity index (χ3n) is 3.08. The number of hydrogen-bond acceptors (Lipinski definition) is 1. The van der Waals surface area contributed by atoms with E-state index in [1.807, 2.05) is 0 Å². The molecule has 0 radical (unpaired) electrons. The average Bonchev–Trinajstić information content (AvgIpc) is 2.38. The van der Waals surface area contributed by atoms with E-state index in [0.29, 0.717) is 10.0 Å². The molecule has 0 saturated heterocycles. The van der Waals surface area contributed by atoms with Gasteiger partial charge in [0.2, 0.25) is 0 Å². The summed E-state index contributed by atoms with van der Waals surface area (Å²) >= 11 is 8.96. The van der Waals surface area contributed by atoms with Crippen LogP contribution in [0.1, 0.15) is 18.1 Å². The van der Waals surface area contributed by atoms with Gasteiger partial charge in [-0.15, -0.1) is 0 Å². The summed E-state index contributed by atoms with van der Waals surface area (Å²) in [6.07, 6.45) is 0.155. The lowest BCUT2D eigenvalue weighted by molar-refractivity contribution is 0.0538. The summed E-state index contributed by atoms with van der Waals surface area (Å²) in [6.45, 7) is 1.50. The topological polar surface area (TPSA) is 20.2 Å². The molecule has 0 amide bonds. The first-order valence-corrected chi connectivity index (χ1v) is 7.09. The molecule has 106 valence electrons. The summed E-state index contributed by atoms with van der Waals surface area (Å²) in [5.41, 5.74) is -0.628. The second-order valence-corrected chi connectivity index (χ2v) is 6.03. The van der Waals surface area contributed by atoms with E-state index in [9.17, 15) is 13.9 Å². The second-order valence-electron chi connectivity index (χ2n) is 4.80. The molecule has 0 aliphatic heterocycles. The van der Waals surface area contributed by atoms with Crippen molar-refractivity contribution in [1.82, 2.24) is 0 Å². The summed E-state index contributed by atoms with van der Waals surface area (Å²) in [5.74, 6) is -1.01. The Hall–Kier alpha value is -0.970. The Balaban J connectivity index is 2.35. The van der Waals surface area contributed by atoms with Gasteiger partial charge in [0, 0.05) is 16.5 Å². The molecule has 0 aliphatic carbocycles. The van der Waals surface area contributed by atoms with E-state index >= 15 is 0 Å². The fraction of sp³-hybridized carbons (Fsp3) is 0.200. The van der Waals surface area contributed by atoms with Crippen LogP contribution in [0.15, 0.2) is 40.9 Å². The molecular formula is C15H12BrClF2O. The lowest BCUT2D eigenvalue weighted by Crippen LogP contribution is -2.26. The normalized spacial score (nSPS) is 14.1. The van der Waals surface area contributed by atoms with E-state index in [1.165, 1.54) is 25.1 Å². The third kappa shape index (κ3) is 3.19. The quantitative estimate of drug-likeness (QED) is 0.776. The standard InChI is InChI=1S/C15H12BrClF2O/c1-15(20,8-9-2-4-10(18)5-3-9)11-6-7-12(16)13(17)14(11)19/h2-7,20H,8H2,1H3. The molecule has 1 atom stereocenters. The minimum absolute atomic E-state index is 0.0677. The summed E-state index contributed by atoms with van der Waals surface area (Å²) in [4.78, 5) is 0. The zero-order valence-electron chi connectivity index (χ0n) is 10.6. The second kappa shape index (κ2) is 5.80. The van der Waals surface area contributed by atoms with Crippen LogP contribution in [0.25, 0.3) is 0 Å². The lowest BCUT2D eigenvalue weighted by Gasteiger charge is -2.25. The van der Waals surface area contributed by atoms with Crippen molar-refractivity contribution < 1.29 is 13.9 Å². The third-order valence-corrected chi connectivity index (χ3v) is 4.34. The van der Waals surface area contributed by atoms with Crippen molar-refractivity contribution in [3.63, 3.8) is 0 Å². The minimum atomic E-state index is -1.44. The molecule has 0 fully saturated rings. The van der Waals surface area contributed by atoms with Gasteiger partial charge in [0.05, 0.1) is 10.6 Å². The van der Waals surface area contributed by atoms with Crippen LogP contribution in [0.2, 0.25) is 5.02 Å². The Bertz CT molecular complexity index is 627. The highest BCUT2D eigenvalue weighted by molar-refractivity contribution is 9.10. The maximum absolute atomic E-state index is 14.1. The molecule has 2 aromatic rings. The molecule has 1 nitrogen and oxygen atoms in total. The fourth-order valence-corrected chi connectivity index (χ4v) is 2.51. The Kier molecular flexibility index (Phi) is 4.47. The van der Waals surface area contributed by atoms with Crippen molar-refractivity contribution >= 4 is 27.5 Å². The van der Waals surface area contributed by atoms with E-state index in [4.69, 9.17) is 11.6 Å². The average molecular weight is 362 g/mol. The van der Waals surface area contributed by atoms with Gasteiger partial charge >= 0.3 is 0 Å². The van der Waals surface area contributed by atoms with Gasteiger partial charge in [0.15, 0.2) is 0 Å². The highest BCUT2D eigenvalue weighted by Gasteiger charge is 2.28. The highest BCUT2D eigenvalue weighted by Crippen LogP contribution is 2.34. The van der Waals surface area contributed by atoms with Crippen LogP contribution in [0.5, 0.6) is 0 Å². The van der Waals surface area contributed by atoms with Crippen LogP contribution in [0, 0.1) is 11.6 Å². The molecule has 20 heavy (non-hydrogen) atoms. The van der Waals surface area contributed by atoms with Gasteiger partial charge in [0.25, 0.3) is 0 Å². The van der Waals surface area contributed by atoms with Crippen molar-refractivity contribution in [2.75, 3.05) is 0 Å². The van der Waals surface area contributed by atoms with Crippen LogP contribution in [0.4, 0.5) is 8.78 Å². The summed E-state index contributed by atoms with van der Waals surface area (Å²) in [6, 6.07) is 8.78. The molecule has 0 spiro atoms. The van der Waals surface area contributed by atoms with Gasteiger partial charge in [-0.25, -0.2) is 8.78 Å². The van der Waals surface area contributed by atoms with Gasteiger partial charge in [-0.05, 0) is 46.6 Å². The van der Waals surface area contributed by atoms with Crippen LogP contribution in [-0.2, 0) is 12.0 Å².